The smallest absolute Gasteiger partial charge is 0.0994 e. The fourth-order valence-corrected chi connectivity index (χ4v) is 2.01. The Labute approximate surface area is 89.4 Å². The molecule has 0 atom stereocenters. The van der Waals surface area contributed by atoms with Crippen molar-refractivity contribution in [1.82, 2.24) is 0 Å². The van der Waals surface area contributed by atoms with E-state index in [-0.39, 0.29) is 0 Å². The molecule has 0 bridgehead atoms. The second kappa shape index (κ2) is 5.51. The molecule has 0 heterocycles. The fraction of sp³-hybridized carbons (Fsp3) is 0.250. The maximum absolute atomic E-state index is 8.85. The van der Waals surface area contributed by atoms with Crippen molar-refractivity contribution in [2.24, 2.45) is 0 Å². The quantitative estimate of drug-likeness (QED) is 0.700. The lowest BCUT2D eigenvalue weighted by Crippen LogP contribution is -1.88. The van der Waals surface area contributed by atoms with Gasteiger partial charge in [-0.3, -0.25) is 0 Å². The molecule has 1 aromatic carbocycles. The molecule has 1 rings (SSSR count). The van der Waals surface area contributed by atoms with Gasteiger partial charge < -0.3 is 0 Å². The van der Waals surface area contributed by atoms with Gasteiger partial charge in [-0.05, 0) is 18.6 Å². The first-order valence-electron chi connectivity index (χ1n) is 4.44. The molecular formula is C12H13NS. The summed E-state index contributed by atoms with van der Waals surface area (Å²) in [5.41, 5.74) is 3.06. The summed E-state index contributed by atoms with van der Waals surface area (Å²) in [6.07, 6.45) is 0. The van der Waals surface area contributed by atoms with Gasteiger partial charge in [0.1, 0.15) is 0 Å². The van der Waals surface area contributed by atoms with Crippen LogP contribution in [0.25, 0.3) is 0 Å². The third kappa shape index (κ3) is 3.27. The highest BCUT2D eigenvalue weighted by molar-refractivity contribution is 7.98. The van der Waals surface area contributed by atoms with Gasteiger partial charge in [-0.15, -0.1) is 0 Å². The zero-order valence-electron chi connectivity index (χ0n) is 8.29. The largest absolute Gasteiger partial charge is 0.192 e. The van der Waals surface area contributed by atoms with E-state index in [1.165, 1.54) is 5.57 Å². The molecular weight excluding hydrogens is 190 g/mol. The third-order valence-electron chi connectivity index (χ3n) is 1.74. The lowest BCUT2D eigenvalue weighted by molar-refractivity contribution is 1.34. The molecule has 0 saturated carbocycles. The predicted octanol–water partition coefficient (Wildman–Crippen LogP) is 3.37. The monoisotopic (exact) mass is 203 g/mol. The number of hydrogen-bond acceptors (Lipinski definition) is 2. The van der Waals surface area contributed by atoms with Crippen LogP contribution >= 0.6 is 11.8 Å². The molecule has 0 saturated heterocycles. The van der Waals surface area contributed by atoms with Crippen LogP contribution in [0.2, 0.25) is 0 Å². The van der Waals surface area contributed by atoms with Gasteiger partial charge in [0.15, 0.2) is 0 Å². The predicted molar refractivity (Wildman–Crippen MR) is 62.1 cm³/mol. The molecule has 72 valence electrons. The lowest BCUT2D eigenvalue weighted by Gasteiger charge is -2.03. The number of nitriles is 1. The van der Waals surface area contributed by atoms with Crippen LogP contribution in [-0.4, -0.2) is 5.75 Å². The van der Waals surface area contributed by atoms with Crippen molar-refractivity contribution in [3.05, 3.63) is 47.5 Å². The highest BCUT2D eigenvalue weighted by Crippen LogP contribution is 2.17. The molecule has 0 fully saturated rings. The maximum atomic E-state index is 8.85. The van der Waals surface area contributed by atoms with Crippen LogP contribution in [-0.2, 0) is 5.75 Å². The number of nitrogens with zero attached hydrogens (tertiary/aromatic N) is 1. The van der Waals surface area contributed by atoms with E-state index in [9.17, 15) is 0 Å². The molecule has 14 heavy (non-hydrogen) atoms. The van der Waals surface area contributed by atoms with Crippen LogP contribution in [0.1, 0.15) is 18.1 Å². The van der Waals surface area contributed by atoms with Crippen molar-refractivity contribution < 1.29 is 0 Å². The summed E-state index contributed by atoms with van der Waals surface area (Å²) < 4.78 is 0. The van der Waals surface area contributed by atoms with Crippen LogP contribution < -0.4 is 0 Å². The molecule has 0 aliphatic carbocycles. The molecule has 0 aliphatic rings. The van der Waals surface area contributed by atoms with Crippen molar-refractivity contribution in [2.45, 2.75) is 12.7 Å². The van der Waals surface area contributed by atoms with Crippen LogP contribution in [0.5, 0.6) is 0 Å². The van der Waals surface area contributed by atoms with E-state index < -0.39 is 0 Å². The van der Waals surface area contributed by atoms with E-state index in [1.807, 2.05) is 31.2 Å². The van der Waals surface area contributed by atoms with Crippen LogP contribution in [0.4, 0.5) is 0 Å². The molecule has 0 aromatic heterocycles. The Morgan fingerprint density at radius 2 is 2.21 bits per heavy atom. The van der Waals surface area contributed by atoms with Crippen LogP contribution in [0.15, 0.2) is 36.4 Å². The Bertz CT molecular complexity index is 363. The molecule has 2 heteroatoms. The van der Waals surface area contributed by atoms with Gasteiger partial charge in [0.2, 0.25) is 0 Å². The van der Waals surface area contributed by atoms with E-state index in [0.29, 0.717) is 0 Å². The highest BCUT2D eigenvalue weighted by atomic mass is 32.2. The van der Waals surface area contributed by atoms with Crippen molar-refractivity contribution in [3.63, 3.8) is 0 Å². The van der Waals surface area contributed by atoms with Crippen LogP contribution in [0.3, 0.4) is 0 Å². The Hall–Kier alpha value is -1.20. The maximum Gasteiger partial charge on any atom is 0.0994 e. The summed E-state index contributed by atoms with van der Waals surface area (Å²) in [5.74, 6) is 1.84. The second-order valence-electron chi connectivity index (χ2n) is 3.22. The normalized spacial score (nSPS) is 9.43. The van der Waals surface area contributed by atoms with E-state index in [0.717, 1.165) is 22.6 Å². The van der Waals surface area contributed by atoms with E-state index in [4.69, 9.17) is 5.26 Å². The van der Waals surface area contributed by atoms with Crippen molar-refractivity contribution in [2.75, 3.05) is 5.75 Å². The van der Waals surface area contributed by atoms with Gasteiger partial charge in [0.05, 0.1) is 11.6 Å². The average molecular weight is 203 g/mol. The van der Waals surface area contributed by atoms with Gasteiger partial charge in [0, 0.05) is 11.5 Å². The first-order chi connectivity index (χ1) is 6.74. The van der Waals surface area contributed by atoms with E-state index in [2.05, 4.69) is 12.6 Å². The summed E-state index contributed by atoms with van der Waals surface area (Å²) in [4.78, 5) is 0. The topological polar surface area (TPSA) is 23.8 Å². The molecule has 0 radical (unpaired) electrons. The van der Waals surface area contributed by atoms with Gasteiger partial charge in [-0.1, -0.05) is 30.4 Å². The van der Waals surface area contributed by atoms with Crippen molar-refractivity contribution in [3.8, 4) is 6.07 Å². The molecule has 1 nitrogen and oxygen atoms in total. The molecule has 0 unspecified atom stereocenters. The molecule has 0 amide bonds. The van der Waals surface area contributed by atoms with Gasteiger partial charge in [-0.2, -0.15) is 17.0 Å². The molecule has 1 aromatic rings. The summed E-state index contributed by atoms with van der Waals surface area (Å²) in [7, 11) is 0. The number of rotatable bonds is 4. The van der Waals surface area contributed by atoms with E-state index in [1.54, 1.807) is 11.8 Å². The standard InChI is InChI=1S/C12H13NS/c1-10(2)8-14-9-12-6-4-3-5-11(12)7-13/h3-6H,1,8-9H2,2H3. The average Bonchev–Trinajstić information content (AvgIpc) is 2.18. The second-order valence-corrected chi connectivity index (χ2v) is 4.20. The zero-order chi connectivity index (χ0) is 10.4. The molecule has 0 N–H and O–H groups in total. The van der Waals surface area contributed by atoms with Crippen molar-refractivity contribution in [1.29, 1.82) is 5.26 Å². The SMILES string of the molecule is C=C(C)CSCc1ccccc1C#N. The summed E-state index contributed by atoms with van der Waals surface area (Å²) >= 11 is 1.79. The highest BCUT2D eigenvalue weighted by Gasteiger charge is 1.99. The van der Waals surface area contributed by atoms with Gasteiger partial charge in [-0.25, -0.2) is 0 Å². The first kappa shape index (κ1) is 10.9. The van der Waals surface area contributed by atoms with E-state index >= 15 is 0 Å². The number of hydrogen-bond donors (Lipinski definition) is 0. The zero-order valence-corrected chi connectivity index (χ0v) is 9.10. The van der Waals surface area contributed by atoms with Gasteiger partial charge >= 0.3 is 0 Å². The summed E-state index contributed by atoms with van der Waals surface area (Å²) in [6, 6.07) is 9.92. The van der Waals surface area contributed by atoms with Crippen molar-refractivity contribution >= 4 is 11.8 Å². The first-order valence-corrected chi connectivity index (χ1v) is 5.59. The number of thioether (sulfide) groups is 1. The Morgan fingerprint density at radius 1 is 1.50 bits per heavy atom. The van der Waals surface area contributed by atoms with Crippen LogP contribution in [0, 0.1) is 11.3 Å². The number of benzene rings is 1. The molecule has 0 aliphatic heterocycles. The minimum Gasteiger partial charge on any atom is -0.192 e. The minimum atomic E-state index is 0.779. The lowest BCUT2D eigenvalue weighted by atomic mass is 10.1. The van der Waals surface area contributed by atoms with Gasteiger partial charge in [0.25, 0.3) is 0 Å². The summed E-state index contributed by atoms with van der Waals surface area (Å²) in [5, 5.41) is 8.85. The minimum absolute atomic E-state index is 0.779. The Balaban J connectivity index is 2.59. The fourth-order valence-electron chi connectivity index (χ4n) is 1.09. The third-order valence-corrected chi connectivity index (χ3v) is 2.96. The Kier molecular flexibility index (Phi) is 4.28. The molecule has 0 spiro atoms. The Morgan fingerprint density at radius 3 is 2.86 bits per heavy atom. The summed E-state index contributed by atoms with van der Waals surface area (Å²) in [6.45, 7) is 5.86.